The molecule has 2 aliphatic heterocycles. The van der Waals surface area contributed by atoms with E-state index in [1.807, 2.05) is 55.0 Å². The molecule has 0 N–H and O–H groups in total. The van der Waals surface area contributed by atoms with Crippen LogP contribution in [0, 0.1) is 26.2 Å². The van der Waals surface area contributed by atoms with Gasteiger partial charge in [-0.1, -0.05) is 11.6 Å². The molecule has 9 nitrogen and oxygen atoms in total. The van der Waals surface area contributed by atoms with Crippen LogP contribution in [0.5, 0.6) is 0 Å². The molecular formula is C34H41ClN6O3. The average Bonchev–Trinajstić information content (AvgIpc) is 3.49. The zero-order valence-electron chi connectivity index (χ0n) is 26.5. The standard InChI is InChI=1S/C34H41ClN6O3/c1-20-13-26-25(17-37-41(26)27-9-7-8-12-43-27)29(30(20)35)28-22(3)40(38-31(28)24-10-11-36-16-21(24)2)23-14-34(15-23)18-39(19-34)32(42)44-33(4,5)6/h10-11,13,16-17,23,27H,7-9,12,14-15,18-19H2,1-6H3. The van der Waals surface area contributed by atoms with Gasteiger partial charge < -0.3 is 14.4 Å². The number of fused-ring (bicyclic) bond motifs is 1. The Bertz CT molecular complexity index is 1750. The number of hydrogen-bond acceptors (Lipinski definition) is 6. The predicted octanol–water partition coefficient (Wildman–Crippen LogP) is 7.81. The second kappa shape index (κ2) is 10.6. The normalized spacial score (nSPS) is 20.2. The van der Waals surface area contributed by atoms with Crippen LogP contribution in [0.25, 0.3) is 33.3 Å². The largest absolute Gasteiger partial charge is 0.444 e. The maximum Gasteiger partial charge on any atom is 0.410 e. The van der Waals surface area contributed by atoms with Gasteiger partial charge in [-0.15, -0.1) is 0 Å². The highest BCUT2D eigenvalue weighted by Crippen LogP contribution is 2.56. The SMILES string of the molecule is Cc1cnccc1-c1nn(C2CC3(C2)CN(C(=O)OC(C)(C)C)C3)c(C)c1-c1c(Cl)c(C)cc2c1cnn2C1CCCCO1. The minimum atomic E-state index is -0.492. The Balaban J connectivity index is 1.28. The molecule has 1 saturated carbocycles. The Morgan fingerprint density at radius 2 is 1.84 bits per heavy atom. The molecule has 1 aliphatic carbocycles. The van der Waals surface area contributed by atoms with E-state index in [4.69, 9.17) is 31.3 Å². The van der Waals surface area contributed by atoms with E-state index in [0.29, 0.717) is 5.02 Å². The Kier molecular flexibility index (Phi) is 7.05. The van der Waals surface area contributed by atoms with Crippen LogP contribution >= 0.6 is 11.6 Å². The van der Waals surface area contributed by atoms with Crippen LogP contribution in [-0.4, -0.2) is 60.8 Å². The number of ether oxygens (including phenoxy) is 2. The summed E-state index contributed by atoms with van der Waals surface area (Å²) in [6.07, 6.45) is 10.4. The molecule has 4 aromatic rings. The molecule has 10 heteroatoms. The predicted molar refractivity (Wildman–Crippen MR) is 171 cm³/mol. The summed E-state index contributed by atoms with van der Waals surface area (Å²) in [4.78, 5) is 18.8. The number of aromatic nitrogens is 5. The molecule has 2 saturated heterocycles. The fourth-order valence-corrected chi connectivity index (χ4v) is 7.62. The van der Waals surface area contributed by atoms with Crippen molar-refractivity contribution < 1.29 is 14.3 Å². The van der Waals surface area contributed by atoms with Crippen LogP contribution in [0.1, 0.15) is 82.0 Å². The Morgan fingerprint density at radius 3 is 2.52 bits per heavy atom. The number of carbonyl (C=O) groups is 1. The molecule has 5 heterocycles. The highest BCUT2D eigenvalue weighted by molar-refractivity contribution is 6.36. The Labute approximate surface area is 263 Å². The highest BCUT2D eigenvalue weighted by atomic mass is 35.5. The van der Waals surface area contributed by atoms with E-state index in [0.717, 1.165) is 102 Å². The molecule has 3 aliphatic rings. The van der Waals surface area contributed by atoms with Gasteiger partial charge in [0.15, 0.2) is 6.23 Å². The number of aryl methyl sites for hydroxylation is 2. The van der Waals surface area contributed by atoms with Crippen molar-refractivity contribution in [2.75, 3.05) is 19.7 Å². The van der Waals surface area contributed by atoms with E-state index < -0.39 is 5.60 Å². The van der Waals surface area contributed by atoms with Crippen LogP contribution in [0.3, 0.4) is 0 Å². The lowest BCUT2D eigenvalue weighted by molar-refractivity contribution is -0.0930. The van der Waals surface area contributed by atoms with Crippen molar-refractivity contribution in [1.82, 2.24) is 29.4 Å². The van der Waals surface area contributed by atoms with Crippen LogP contribution in [0.4, 0.5) is 4.79 Å². The number of pyridine rings is 1. The maximum absolute atomic E-state index is 12.6. The summed E-state index contributed by atoms with van der Waals surface area (Å²) in [5, 5.41) is 11.9. The first-order valence-corrected chi connectivity index (χ1v) is 16.1. The second-order valence-corrected chi connectivity index (χ2v) is 14.4. The van der Waals surface area contributed by atoms with Crippen molar-refractivity contribution in [2.24, 2.45) is 5.41 Å². The van der Waals surface area contributed by atoms with Gasteiger partial charge in [-0.3, -0.25) is 9.67 Å². The average molecular weight is 617 g/mol. The molecule has 0 bridgehead atoms. The molecule has 3 fully saturated rings. The summed E-state index contributed by atoms with van der Waals surface area (Å²) in [5.74, 6) is 0. The van der Waals surface area contributed by atoms with E-state index in [-0.39, 0.29) is 23.8 Å². The molecule has 7 rings (SSSR count). The Hall–Kier alpha value is -3.43. The lowest BCUT2D eigenvalue weighted by Crippen LogP contribution is -2.64. The third-order valence-electron chi connectivity index (χ3n) is 9.51. The minimum absolute atomic E-state index is 0.0747. The summed E-state index contributed by atoms with van der Waals surface area (Å²) in [6, 6.07) is 4.41. The van der Waals surface area contributed by atoms with E-state index in [9.17, 15) is 4.79 Å². The zero-order valence-corrected chi connectivity index (χ0v) is 27.2. The van der Waals surface area contributed by atoms with Gasteiger partial charge in [0.1, 0.15) is 11.3 Å². The number of rotatable bonds is 4. The van der Waals surface area contributed by atoms with Crippen LogP contribution in [-0.2, 0) is 9.47 Å². The van der Waals surface area contributed by atoms with Crippen LogP contribution in [0.15, 0.2) is 30.7 Å². The molecule has 1 amide bonds. The number of amides is 1. The van der Waals surface area contributed by atoms with Gasteiger partial charge in [-0.25, -0.2) is 9.48 Å². The van der Waals surface area contributed by atoms with E-state index in [1.54, 1.807) is 0 Å². The third kappa shape index (κ3) is 4.88. The molecule has 1 atom stereocenters. The minimum Gasteiger partial charge on any atom is -0.444 e. The fourth-order valence-electron chi connectivity index (χ4n) is 7.37. The van der Waals surface area contributed by atoms with Gasteiger partial charge in [-0.05, 0) is 96.9 Å². The van der Waals surface area contributed by atoms with Crippen molar-refractivity contribution in [3.63, 3.8) is 0 Å². The quantitative estimate of drug-likeness (QED) is 0.232. The first-order chi connectivity index (χ1) is 20.9. The van der Waals surface area contributed by atoms with Crippen LogP contribution in [0.2, 0.25) is 5.02 Å². The summed E-state index contributed by atoms with van der Waals surface area (Å²) in [5.41, 5.74) is 7.74. The third-order valence-corrected chi connectivity index (χ3v) is 10.0. The lowest BCUT2D eigenvalue weighted by Gasteiger charge is -2.58. The smallest absolute Gasteiger partial charge is 0.410 e. The first-order valence-electron chi connectivity index (χ1n) is 15.7. The van der Waals surface area contributed by atoms with Gasteiger partial charge in [0, 0.05) is 65.3 Å². The Morgan fingerprint density at radius 1 is 1.07 bits per heavy atom. The maximum atomic E-state index is 12.6. The topological polar surface area (TPSA) is 87.3 Å². The van der Waals surface area contributed by atoms with Gasteiger partial charge >= 0.3 is 6.09 Å². The number of carbonyl (C=O) groups excluding carboxylic acids is 1. The number of benzene rings is 1. The lowest BCUT2D eigenvalue weighted by atomic mass is 9.61. The number of halogens is 1. The number of nitrogens with zero attached hydrogens (tertiary/aromatic N) is 6. The zero-order chi connectivity index (χ0) is 31.0. The monoisotopic (exact) mass is 616 g/mol. The van der Waals surface area contributed by atoms with Crippen molar-refractivity contribution in [2.45, 2.75) is 91.5 Å². The summed E-state index contributed by atoms with van der Waals surface area (Å²) in [6.45, 7) is 14.2. The van der Waals surface area contributed by atoms with Crippen LogP contribution < -0.4 is 0 Å². The second-order valence-electron chi connectivity index (χ2n) is 14.1. The van der Waals surface area contributed by atoms with Gasteiger partial charge in [0.2, 0.25) is 0 Å². The summed E-state index contributed by atoms with van der Waals surface area (Å²) >= 11 is 7.21. The van der Waals surface area contributed by atoms with E-state index >= 15 is 0 Å². The molecule has 0 radical (unpaired) electrons. The van der Waals surface area contributed by atoms with E-state index in [1.165, 1.54) is 0 Å². The molecule has 1 unspecified atom stereocenters. The number of hydrogen-bond donors (Lipinski definition) is 0. The fraction of sp³-hybridized carbons (Fsp3) is 0.529. The first kappa shape index (κ1) is 29.3. The van der Waals surface area contributed by atoms with Crippen molar-refractivity contribution >= 4 is 28.6 Å². The molecule has 3 aromatic heterocycles. The molecule has 1 aromatic carbocycles. The van der Waals surface area contributed by atoms with Gasteiger partial charge in [0.05, 0.1) is 22.8 Å². The molecular weight excluding hydrogens is 576 g/mol. The van der Waals surface area contributed by atoms with Gasteiger partial charge in [0.25, 0.3) is 0 Å². The molecule has 232 valence electrons. The van der Waals surface area contributed by atoms with Gasteiger partial charge in [-0.2, -0.15) is 10.2 Å². The molecule has 1 spiro atoms. The molecule has 44 heavy (non-hydrogen) atoms. The summed E-state index contributed by atoms with van der Waals surface area (Å²) in [7, 11) is 0. The van der Waals surface area contributed by atoms with E-state index in [2.05, 4.69) is 36.5 Å². The highest BCUT2D eigenvalue weighted by Gasteiger charge is 2.55. The van der Waals surface area contributed by atoms with Crippen molar-refractivity contribution in [3.05, 3.63) is 52.6 Å². The summed E-state index contributed by atoms with van der Waals surface area (Å²) < 4.78 is 16.0. The van der Waals surface area contributed by atoms with Crippen molar-refractivity contribution in [1.29, 1.82) is 0 Å². The van der Waals surface area contributed by atoms with Crippen molar-refractivity contribution in [3.8, 4) is 22.4 Å². The number of likely N-dealkylation sites (tertiary alicyclic amines) is 1.